The highest BCUT2D eigenvalue weighted by Gasteiger charge is 2.47. The number of halogens is 1. The van der Waals surface area contributed by atoms with Crippen LogP contribution in [0.25, 0.3) is 11.0 Å². The molecule has 1 heterocycles. The molecule has 2 aliphatic carbocycles. The van der Waals surface area contributed by atoms with Crippen LogP contribution in [0.15, 0.2) is 27.8 Å². The fraction of sp³-hybridized carbons (Fsp3) is 0.467. The molecular formula is C15H15BrN2O2. The van der Waals surface area contributed by atoms with Gasteiger partial charge in [-0.15, -0.1) is 0 Å². The highest BCUT2D eigenvalue weighted by atomic mass is 79.9. The molecule has 1 aromatic heterocycles. The topological polar surface area (TPSA) is 65.7 Å². The predicted octanol–water partition coefficient (Wildman–Crippen LogP) is 2.70. The van der Waals surface area contributed by atoms with E-state index < -0.39 is 11.1 Å². The molecule has 2 aromatic rings. The molecule has 20 heavy (non-hydrogen) atoms. The summed E-state index contributed by atoms with van der Waals surface area (Å²) in [4.78, 5) is 28.3. The average molecular weight is 335 g/mol. The van der Waals surface area contributed by atoms with Crippen LogP contribution in [0.2, 0.25) is 0 Å². The molecule has 2 N–H and O–H groups in total. The zero-order valence-corrected chi connectivity index (χ0v) is 12.4. The molecular weight excluding hydrogens is 320 g/mol. The third-order valence-electron chi connectivity index (χ3n) is 4.76. The number of hydrogen-bond acceptors (Lipinski definition) is 2. The minimum absolute atomic E-state index is 0.329. The van der Waals surface area contributed by atoms with Crippen LogP contribution < -0.4 is 11.1 Å². The van der Waals surface area contributed by atoms with Crippen molar-refractivity contribution in [2.75, 3.05) is 0 Å². The van der Waals surface area contributed by atoms with Crippen molar-refractivity contribution in [2.45, 2.75) is 24.1 Å². The minimum Gasteiger partial charge on any atom is -0.316 e. The van der Waals surface area contributed by atoms with Gasteiger partial charge >= 0.3 is 11.1 Å². The van der Waals surface area contributed by atoms with E-state index in [1.165, 1.54) is 24.8 Å². The highest BCUT2D eigenvalue weighted by molar-refractivity contribution is 9.09. The third kappa shape index (κ3) is 1.95. The van der Waals surface area contributed by atoms with Crippen molar-refractivity contribution in [3.8, 4) is 0 Å². The van der Waals surface area contributed by atoms with E-state index in [-0.39, 0.29) is 0 Å². The largest absolute Gasteiger partial charge is 0.316 e. The molecule has 0 saturated heterocycles. The van der Waals surface area contributed by atoms with Crippen molar-refractivity contribution in [2.24, 2.45) is 17.8 Å². The maximum absolute atomic E-state index is 11.4. The molecule has 104 valence electrons. The van der Waals surface area contributed by atoms with Crippen molar-refractivity contribution >= 4 is 27.0 Å². The third-order valence-corrected chi connectivity index (χ3v) is 6.03. The van der Waals surface area contributed by atoms with Crippen LogP contribution in [0.4, 0.5) is 0 Å². The van der Waals surface area contributed by atoms with Gasteiger partial charge < -0.3 is 9.97 Å². The van der Waals surface area contributed by atoms with Gasteiger partial charge in [0.25, 0.3) is 0 Å². The normalized spacial score (nSPS) is 29.4. The molecule has 0 spiro atoms. The van der Waals surface area contributed by atoms with Gasteiger partial charge in [-0.05, 0) is 54.7 Å². The van der Waals surface area contributed by atoms with Gasteiger partial charge in [-0.1, -0.05) is 22.0 Å². The number of alkyl halides is 1. The lowest BCUT2D eigenvalue weighted by molar-refractivity contribution is 0.482. The van der Waals surface area contributed by atoms with Gasteiger partial charge in [0.15, 0.2) is 0 Å². The summed E-state index contributed by atoms with van der Waals surface area (Å²) in [5, 5.41) is 0. The van der Waals surface area contributed by atoms with Crippen LogP contribution in [-0.2, 0) is 0 Å². The summed E-state index contributed by atoms with van der Waals surface area (Å²) in [5.41, 5.74) is 1.35. The summed E-state index contributed by atoms with van der Waals surface area (Å²) in [6.07, 6.45) is 4.03. The summed E-state index contributed by atoms with van der Waals surface area (Å²) in [6, 6.07) is 5.86. The second kappa shape index (κ2) is 4.32. The van der Waals surface area contributed by atoms with Crippen LogP contribution in [0.3, 0.4) is 0 Å². The van der Waals surface area contributed by atoms with Crippen LogP contribution in [0, 0.1) is 17.8 Å². The molecule has 0 amide bonds. The lowest BCUT2D eigenvalue weighted by atomic mass is 9.94. The summed E-state index contributed by atoms with van der Waals surface area (Å²) >= 11 is 3.82. The second-order valence-corrected chi connectivity index (χ2v) is 7.09. The molecule has 3 atom stereocenters. The highest BCUT2D eigenvalue weighted by Crippen LogP contribution is 2.58. The lowest BCUT2D eigenvalue weighted by Gasteiger charge is -2.19. The van der Waals surface area contributed by atoms with Crippen molar-refractivity contribution < 1.29 is 0 Å². The monoisotopic (exact) mass is 334 g/mol. The van der Waals surface area contributed by atoms with E-state index in [4.69, 9.17) is 0 Å². The fourth-order valence-electron chi connectivity index (χ4n) is 3.58. The maximum Gasteiger partial charge on any atom is 0.314 e. The molecule has 1 aromatic carbocycles. The van der Waals surface area contributed by atoms with E-state index >= 15 is 0 Å². The van der Waals surface area contributed by atoms with Gasteiger partial charge in [-0.2, -0.15) is 0 Å². The molecule has 0 radical (unpaired) electrons. The SMILES string of the molecule is O=c1[nH]c2ccc(C(Br)C3CC4CC4C3)cc2[nH]c1=O. The first-order chi connectivity index (χ1) is 9.61. The number of aromatic nitrogens is 2. The summed E-state index contributed by atoms with van der Waals surface area (Å²) in [7, 11) is 0. The first kappa shape index (κ1) is 12.4. The standard InChI is InChI=1S/C15H15BrN2O2/c16-13(10-4-8-3-9(8)5-10)7-1-2-11-12(6-7)18-15(20)14(19)17-11/h1-2,6,8-10,13H,3-5H2,(H,17,19)(H,18,20). The van der Waals surface area contributed by atoms with E-state index in [0.717, 1.165) is 11.8 Å². The number of benzene rings is 1. The molecule has 2 aliphatic rings. The average Bonchev–Trinajstić information content (AvgIpc) is 3.05. The zero-order valence-electron chi connectivity index (χ0n) is 10.9. The van der Waals surface area contributed by atoms with E-state index in [2.05, 4.69) is 25.9 Å². The fourth-order valence-corrected chi connectivity index (χ4v) is 4.29. The maximum atomic E-state index is 11.4. The summed E-state index contributed by atoms with van der Waals surface area (Å²) in [6.45, 7) is 0. The summed E-state index contributed by atoms with van der Waals surface area (Å²) in [5.74, 6) is 2.60. The van der Waals surface area contributed by atoms with Crippen LogP contribution in [0.5, 0.6) is 0 Å². The van der Waals surface area contributed by atoms with Crippen LogP contribution in [-0.4, -0.2) is 9.97 Å². The van der Waals surface area contributed by atoms with Crippen molar-refractivity contribution in [1.29, 1.82) is 0 Å². The molecule has 2 fully saturated rings. The van der Waals surface area contributed by atoms with E-state index in [0.29, 0.717) is 21.8 Å². The Bertz CT molecular complexity index is 784. The number of hydrogen-bond donors (Lipinski definition) is 2. The van der Waals surface area contributed by atoms with Gasteiger partial charge in [0.1, 0.15) is 0 Å². The van der Waals surface area contributed by atoms with E-state index in [9.17, 15) is 9.59 Å². The molecule has 4 rings (SSSR count). The van der Waals surface area contributed by atoms with Gasteiger partial charge in [0.05, 0.1) is 11.0 Å². The molecule has 2 saturated carbocycles. The van der Waals surface area contributed by atoms with Gasteiger partial charge in [-0.3, -0.25) is 9.59 Å². The van der Waals surface area contributed by atoms with Crippen molar-refractivity contribution in [3.63, 3.8) is 0 Å². The van der Waals surface area contributed by atoms with E-state index in [1.807, 2.05) is 18.2 Å². The Morgan fingerprint density at radius 2 is 1.65 bits per heavy atom. The zero-order chi connectivity index (χ0) is 13.9. The van der Waals surface area contributed by atoms with Gasteiger partial charge in [0.2, 0.25) is 0 Å². The lowest BCUT2D eigenvalue weighted by Crippen LogP contribution is -2.28. The molecule has 0 bridgehead atoms. The van der Waals surface area contributed by atoms with Crippen LogP contribution in [0.1, 0.15) is 29.7 Å². The second-order valence-electron chi connectivity index (χ2n) is 6.10. The number of H-pyrrole nitrogens is 2. The number of nitrogens with one attached hydrogen (secondary N) is 2. The molecule has 5 heteroatoms. The predicted molar refractivity (Wildman–Crippen MR) is 81.2 cm³/mol. The number of rotatable bonds is 2. The Labute approximate surface area is 123 Å². The first-order valence-corrected chi connectivity index (χ1v) is 7.94. The quantitative estimate of drug-likeness (QED) is 0.655. The van der Waals surface area contributed by atoms with Crippen molar-refractivity contribution in [1.82, 2.24) is 9.97 Å². The Morgan fingerprint density at radius 3 is 2.35 bits per heavy atom. The Kier molecular flexibility index (Phi) is 2.67. The smallest absolute Gasteiger partial charge is 0.314 e. The number of aromatic amines is 2. The van der Waals surface area contributed by atoms with Crippen molar-refractivity contribution in [3.05, 3.63) is 44.5 Å². The van der Waals surface area contributed by atoms with Gasteiger partial charge in [0, 0.05) is 4.83 Å². The Balaban J connectivity index is 1.71. The van der Waals surface area contributed by atoms with Gasteiger partial charge in [-0.25, -0.2) is 0 Å². The molecule has 3 unspecified atom stereocenters. The Hall–Kier alpha value is -1.36. The number of fused-ring (bicyclic) bond motifs is 2. The first-order valence-electron chi connectivity index (χ1n) is 7.02. The van der Waals surface area contributed by atoms with E-state index in [1.54, 1.807) is 0 Å². The summed E-state index contributed by atoms with van der Waals surface area (Å²) < 4.78 is 0. The minimum atomic E-state index is -0.600. The molecule has 4 nitrogen and oxygen atoms in total. The molecule has 0 aliphatic heterocycles. The van der Waals surface area contributed by atoms with Crippen LogP contribution >= 0.6 is 15.9 Å². The Morgan fingerprint density at radius 1 is 1.00 bits per heavy atom.